The summed E-state index contributed by atoms with van der Waals surface area (Å²) in [6.07, 6.45) is 4.37. The maximum atomic E-state index is 5.89. The molecule has 5 nitrogen and oxygen atoms in total. The van der Waals surface area contributed by atoms with Crippen molar-refractivity contribution in [3.63, 3.8) is 0 Å². The second-order valence-electron chi connectivity index (χ2n) is 4.88. The highest BCUT2D eigenvalue weighted by atomic mass is 16.5. The summed E-state index contributed by atoms with van der Waals surface area (Å²) in [5, 5.41) is 4.32. The molecule has 18 heavy (non-hydrogen) atoms. The van der Waals surface area contributed by atoms with Gasteiger partial charge >= 0.3 is 0 Å². The highest BCUT2D eigenvalue weighted by Crippen LogP contribution is 2.21. The molecule has 1 aromatic rings. The summed E-state index contributed by atoms with van der Waals surface area (Å²) in [6.45, 7) is 5.72. The van der Waals surface area contributed by atoms with E-state index in [0.29, 0.717) is 18.7 Å². The Bertz CT molecular complexity index is 366. The Labute approximate surface area is 109 Å². The number of hydrogen-bond acceptors (Lipinski definition) is 4. The van der Waals surface area contributed by atoms with Gasteiger partial charge in [-0.25, -0.2) is 0 Å². The average Bonchev–Trinajstić information content (AvgIpc) is 2.86. The van der Waals surface area contributed by atoms with Gasteiger partial charge in [0.15, 0.2) is 0 Å². The number of nitrogens with two attached hydrogens (primary N) is 1. The smallest absolute Gasteiger partial charge is 0.0599 e. The average molecular weight is 252 g/mol. The summed E-state index contributed by atoms with van der Waals surface area (Å²) < 4.78 is 7.50. The van der Waals surface area contributed by atoms with Gasteiger partial charge in [0.25, 0.3) is 0 Å². The number of nitrogens with zero attached hydrogens (tertiary/aromatic N) is 3. The Morgan fingerprint density at radius 1 is 1.56 bits per heavy atom. The summed E-state index contributed by atoms with van der Waals surface area (Å²) in [5.41, 5.74) is 7.16. The molecule has 102 valence electrons. The molecule has 1 fully saturated rings. The van der Waals surface area contributed by atoms with E-state index in [1.54, 1.807) is 7.11 Å². The highest BCUT2D eigenvalue weighted by Gasteiger charge is 2.27. The van der Waals surface area contributed by atoms with Crippen molar-refractivity contribution in [1.82, 2.24) is 14.7 Å². The van der Waals surface area contributed by atoms with Gasteiger partial charge in [-0.2, -0.15) is 5.10 Å². The predicted octanol–water partition coefficient (Wildman–Crippen LogP) is 0.841. The lowest BCUT2D eigenvalue weighted by atomic mass is 9.99. The molecule has 0 radical (unpaired) electrons. The molecule has 1 aliphatic rings. The fourth-order valence-electron chi connectivity index (χ4n) is 2.72. The summed E-state index contributed by atoms with van der Waals surface area (Å²) in [6, 6.07) is 2.52. The summed E-state index contributed by atoms with van der Waals surface area (Å²) in [7, 11) is 1.79. The molecule has 1 saturated heterocycles. The van der Waals surface area contributed by atoms with E-state index in [2.05, 4.69) is 27.7 Å². The molecular formula is C13H24N4O. The Kier molecular flexibility index (Phi) is 4.74. The quantitative estimate of drug-likeness (QED) is 0.844. The molecule has 1 aromatic heterocycles. The van der Waals surface area contributed by atoms with Crippen molar-refractivity contribution in [3.05, 3.63) is 18.0 Å². The summed E-state index contributed by atoms with van der Waals surface area (Å²) in [5.74, 6) is 0. The van der Waals surface area contributed by atoms with Crippen molar-refractivity contribution in [2.24, 2.45) is 5.73 Å². The van der Waals surface area contributed by atoms with Crippen LogP contribution in [0.15, 0.2) is 12.3 Å². The maximum Gasteiger partial charge on any atom is 0.0599 e. The standard InChI is InChI=1S/C13H24N4O/c1-3-17-11(4-6-15-17)10-16-7-5-13(18-2)8-12(16)9-14/h4,6,12-13H,3,5,7-10,14H2,1-2H3. The van der Waals surface area contributed by atoms with Crippen LogP contribution in [0.25, 0.3) is 0 Å². The van der Waals surface area contributed by atoms with E-state index in [4.69, 9.17) is 10.5 Å². The lowest BCUT2D eigenvalue weighted by molar-refractivity contribution is 0.00933. The molecule has 0 bridgehead atoms. The predicted molar refractivity (Wildman–Crippen MR) is 71.2 cm³/mol. The van der Waals surface area contributed by atoms with Gasteiger partial charge in [-0.05, 0) is 25.8 Å². The van der Waals surface area contributed by atoms with E-state index in [9.17, 15) is 0 Å². The normalized spacial score (nSPS) is 25.5. The van der Waals surface area contributed by atoms with Crippen LogP contribution < -0.4 is 5.73 Å². The van der Waals surface area contributed by atoms with Crippen molar-refractivity contribution < 1.29 is 4.74 Å². The third-order valence-corrected chi connectivity index (χ3v) is 3.86. The molecule has 0 saturated carbocycles. The van der Waals surface area contributed by atoms with Crippen molar-refractivity contribution in [2.45, 2.75) is 45.0 Å². The molecule has 2 rings (SSSR count). The largest absolute Gasteiger partial charge is 0.381 e. The summed E-state index contributed by atoms with van der Waals surface area (Å²) in [4.78, 5) is 2.46. The van der Waals surface area contributed by atoms with Crippen molar-refractivity contribution in [2.75, 3.05) is 20.2 Å². The van der Waals surface area contributed by atoms with Gasteiger partial charge in [-0.15, -0.1) is 0 Å². The van der Waals surface area contributed by atoms with Crippen LogP contribution >= 0.6 is 0 Å². The molecule has 2 unspecified atom stereocenters. The number of hydrogen-bond donors (Lipinski definition) is 1. The van der Waals surface area contributed by atoms with Crippen LogP contribution in [0.2, 0.25) is 0 Å². The Hall–Kier alpha value is -0.910. The topological polar surface area (TPSA) is 56.3 Å². The highest BCUT2D eigenvalue weighted by molar-refractivity contribution is 5.01. The number of piperidine rings is 1. The molecule has 2 N–H and O–H groups in total. The minimum Gasteiger partial charge on any atom is -0.381 e. The lowest BCUT2D eigenvalue weighted by Crippen LogP contribution is -2.48. The monoisotopic (exact) mass is 252 g/mol. The fraction of sp³-hybridized carbons (Fsp3) is 0.769. The number of aromatic nitrogens is 2. The van der Waals surface area contributed by atoms with E-state index in [-0.39, 0.29) is 0 Å². The van der Waals surface area contributed by atoms with Crippen LogP contribution in [-0.2, 0) is 17.8 Å². The fourth-order valence-corrected chi connectivity index (χ4v) is 2.72. The Morgan fingerprint density at radius 2 is 2.39 bits per heavy atom. The van der Waals surface area contributed by atoms with E-state index >= 15 is 0 Å². The molecule has 0 spiro atoms. The van der Waals surface area contributed by atoms with Crippen molar-refractivity contribution in [1.29, 1.82) is 0 Å². The molecule has 5 heteroatoms. The second kappa shape index (κ2) is 6.31. The number of rotatable bonds is 5. The third kappa shape index (κ3) is 2.91. The maximum absolute atomic E-state index is 5.89. The van der Waals surface area contributed by atoms with Crippen LogP contribution in [0.5, 0.6) is 0 Å². The first kappa shape index (κ1) is 13.5. The van der Waals surface area contributed by atoms with Crippen LogP contribution in [-0.4, -0.2) is 47.0 Å². The van der Waals surface area contributed by atoms with E-state index in [1.165, 1.54) is 5.69 Å². The van der Waals surface area contributed by atoms with Crippen LogP contribution in [0.1, 0.15) is 25.5 Å². The number of aryl methyl sites for hydroxylation is 1. The zero-order chi connectivity index (χ0) is 13.0. The molecule has 0 aliphatic carbocycles. The number of ether oxygens (including phenoxy) is 1. The minimum atomic E-state index is 0.367. The number of likely N-dealkylation sites (tertiary alicyclic amines) is 1. The second-order valence-corrected chi connectivity index (χ2v) is 4.88. The van der Waals surface area contributed by atoms with Crippen LogP contribution in [0.3, 0.4) is 0 Å². The van der Waals surface area contributed by atoms with Gasteiger partial charge in [-0.3, -0.25) is 9.58 Å². The molecule has 0 amide bonds. The molecular weight excluding hydrogens is 228 g/mol. The summed E-state index contributed by atoms with van der Waals surface area (Å²) >= 11 is 0. The van der Waals surface area contributed by atoms with Gasteiger partial charge < -0.3 is 10.5 Å². The molecule has 2 atom stereocenters. The number of methoxy groups -OCH3 is 1. The van der Waals surface area contributed by atoms with Crippen LogP contribution in [0, 0.1) is 0 Å². The zero-order valence-corrected chi connectivity index (χ0v) is 11.4. The lowest BCUT2D eigenvalue weighted by Gasteiger charge is -2.38. The first-order chi connectivity index (χ1) is 8.78. The van der Waals surface area contributed by atoms with E-state index in [1.807, 2.05) is 6.20 Å². The van der Waals surface area contributed by atoms with Crippen LogP contribution in [0.4, 0.5) is 0 Å². The first-order valence-electron chi connectivity index (χ1n) is 6.76. The Morgan fingerprint density at radius 3 is 3.06 bits per heavy atom. The minimum absolute atomic E-state index is 0.367. The SMILES string of the molecule is CCn1nccc1CN1CCC(OC)CC1CN. The third-order valence-electron chi connectivity index (χ3n) is 3.86. The Balaban J connectivity index is 2.00. The van der Waals surface area contributed by atoms with Gasteiger partial charge in [0, 0.05) is 45.5 Å². The molecule has 2 heterocycles. The van der Waals surface area contributed by atoms with E-state index < -0.39 is 0 Å². The van der Waals surface area contributed by atoms with Crippen molar-refractivity contribution >= 4 is 0 Å². The zero-order valence-electron chi connectivity index (χ0n) is 11.4. The van der Waals surface area contributed by atoms with Gasteiger partial charge in [0.05, 0.1) is 11.8 Å². The van der Waals surface area contributed by atoms with Gasteiger partial charge in [0.2, 0.25) is 0 Å². The van der Waals surface area contributed by atoms with Gasteiger partial charge in [0.1, 0.15) is 0 Å². The first-order valence-corrected chi connectivity index (χ1v) is 6.76. The van der Waals surface area contributed by atoms with E-state index in [0.717, 1.165) is 32.5 Å². The molecule has 1 aliphatic heterocycles. The van der Waals surface area contributed by atoms with Crippen molar-refractivity contribution in [3.8, 4) is 0 Å². The van der Waals surface area contributed by atoms with Gasteiger partial charge in [-0.1, -0.05) is 0 Å². The molecule has 0 aromatic carbocycles.